The van der Waals surface area contributed by atoms with Crippen molar-refractivity contribution in [2.75, 3.05) is 13.9 Å². The van der Waals surface area contributed by atoms with Crippen molar-refractivity contribution in [1.82, 2.24) is 0 Å². The Balaban J connectivity index is 0.00000300. The highest BCUT2D eigenvalue weighted by molar-refractivity contribution is 6.68. The molecule has 0 amide bonds. The molecule has 1 aliphatic carbocycles. The molecule has 1 fully saturated rings. The van der Waals surface area contributed by atoms with Crippen LogP contribution in [0.5, 0.6) is 11.5 Å². The third-order valence-corrected chi connectivity index (χ3v) is 5.73. The number of hydrogen-bond donors (Lipinski definition) is 0. The molecule has 160 valence electrons. The van der Waals surface area contributed by atoms with Crippen molar-refractivity contribution in [3.05, 3.63) is 59.7 Å². The van der Waals surface area contributed by atoms with Crippen molar-refractivity contribution >= 4 is 45.8 Å². The average molecular weight is 476 g/mol. The van der Waals surface area contributed by atoms with E-state index in [0.29, 0.717) is 6.10 Å². The molecule has 3 rings (SSSR count). The number of benzene rings is 2. The standard InChI is InChI=1S/C22H25Cl3O3.H4Si/c1-26-18-11-7-16(8-12-18)21(22(23,24)25)17-9-13-20(14-10-17)28-15-27-19-5-3-2-4-6-19;/h7-14,19,21H,2-6,15H2,1H3;1H4. The Morgan fingerprint density at radius 1 is 0.862 bits per heavy atom. The minimum Gasteiger partial charge on any atom is -0.497 e. The van der Waals surface area contributed by atoms with Gasteiger partial charge in [0.1, 0.15) is 11.5 Å². The molecule has 29 heavy (non-hydrogen) atoms. The van der Waals surface area contributed by atoms with Gasteiger partial charge in [-0.1, -0.05) is 78.3 Å². The normalized spacial score (nSPS) is 16.0. The molecule has 0 aromatic heterocycles. The molecule has 0 saturated heterocycles. The molecule has 0 radical (unpaired) electrons. The molecular weight excluding hydrogens is 447 g/mol. The van der Waals surface area contributed by atoms with Gasteiger partial charge >= 0.3 is 0 Å². The number of halogens is 3. The van der Waals surface area contributed by atoms with Crippen LogP contribution in [0.1, 0.15) is 49.1 Å². The minimum atomic E-state index is -1.49. The SMILES string of the molecule is COc1ccc(C(c2ccc(OCOC3CCCCC3)cc2)C(Cl)(Cl)Cl)cc1.[SiH4]. The Bertz CT molecular complexity index is 726. The zero-order valence-electron chi connectivity index (χ0n) is 15.9. The third kappa shape index (κ3) is 7.07. The van der Waals surface area contributed by atoms with Crippen molar-refractivity contribution in [3.8, 4) is 11.5 Å². The van der Waals surface area contributed by atoms with Crippen LogP contribution < -0.4 is 9.47 Å². The van der Waals surface area contributed by atoms with Gasteiger partial charge in [-0.25, -0.2) is 0 Å². The zero-order chi connectivity index (χ0) is 20.0. The average Bonchev–Trinajstić information content (AvgIpc) is 2.70. The number of methoxy groups -OCH3 is 1. The molecule has 1 atom stereocenters. The summed E-state index contributed by atoms with van der Waals surface area (Å²) >= 11 is 18.9. The zero-order valence-corrected chi connectivity index (χ0v) is 18.1. The van der Waals surface area contributed by atoms with Crippen LogP contribution in [-0.4, -0.2) is 34.8 Å². The molecule has 2 aromatic rings. The molecular formula is C22H29Cl3O3Si. The lowest BCUT2D eigenvalue weighted by Crippen LogP contribution is -2.19. The lowest BCUT2D eigenvalue weighted by Gasteiger charge is -2.26. The maximum atomic E-state index is 6.30. The van der Waals surface area contributed by atoms with Crippen LogP contribution in [-0.2, 0) is 4.74 Å². The summed E-state index contributed by atoms with van der Waals surface area (Å²) in [5, 5.41) is 0. The molecule has 0 bridgehead atoms. The second-order valence-electron chi connectivity index (χ2n) is 7.01. The quantitative estimate of drug-likeness (QED) is 0.303. The molecule has 0 N–H and O–H groups in total. The molecule has 1 saturated carbocycles. The highest BCUT2D eigenvalue weighted by atomic mass is 35.6. The summed E-state index contributed by atoms with van der Waals surface area (Å²) < 4.78 is 15.3. The van der Waals surface area contributed by atoms with Crippen LogP contribution in [0.3, 0.4) is 0 Å². The molecule has 3 nitrogen and oxygen atoms in total. The summed E-state index contributed by atoms with van der Waals surface area (Å²) in [6, 6.07) is 15.2. The van der Waals surface area contributed by atoms with E-state index >= 15 is 0 Å². The van der Waals surface area contributed by atoms with Crippen LogP contribution in [0.2, 0.25) is 0 Å². The number of ether oxygens (including phenoxy) is 3. The lowest BCUT2D eigenvalue weighted by atomic mass is 9.92. The van der Waals surface area contributed by atoms with Gasteiger partial charge in [0.15, 0.2) is 6.79 Å². The first-order valence-electron chi connectivity index (χ1n) is 9.52. The van der Waals surface area contributed by atoms with E-state index in [9.17, 15) is 0 Å². The second-order valence-corrected chi connectivity index (χ2v) is 9.37. The van der Waals surface area contributed by atoms with E-state index < -0.39 is 9.71 Å². The Hall–Kier alpha value is -0.913. The van der Waals surface area contributed by atoms with Gasteiger partial charge in [-0.15, -0.1) is 0 Å². The van der Waals surface area contributed by atoms with E-state index in [1.54, 1.807) is 7.11 Å². The maximum Gasteiger partial charge on any atom is 0.201 e. The van der Waals surface area contributed by atoms with Crippen molar-refractivity contribution in [2.45, 2.75) is 47.9 Å². The molecule has 2 aromatic carbocycles. The van der Waals surface area contributed by atoms with Crippen LogP contribution in [0.15, 0.2) is 48.5 Å². The van der Waals surface area contributed by atoms with Gasteiger partial charge in [0.25, 0.3) is 0 Å². The largest absolute Gasteiger partial charge is 0.497 e. The summed E-state index contributed by atoms with van der Waals surface area (Å²) in [6.45, 7) is 0.260. The van der Waals surface area contributed by atoms with Crippen molar-refractivity contribution in [1.29, 1.82) is 0 Å². The van der Waals surface area contributed by atoms with Gasteiger partial charge in [-0.2, -0.15) is 0 Å². The monoisotopic (exact) mass is 474 g/mol. The first-order chi connectivity index (χ1) is 13.5. The van der Waals surface area contributed by atoms with Crippen molar-refractivity contribution in [3.63, 3.8) is 0 Å². The Labute approximate surface area is 192 Å². The van der Waals surface area contributed by atoms with Gasteiger partial charge in [-0.05, 0) is 59.2 Å². The molecule has 1 aliphatic rings. The van der Waals surface area contributed by atoms with E-state index in [4.69, 9.17) is 49.0 Å². The summed E-state index contributed by atoms with van der Waals surface area (Å²) in [6.07, 6.45) is 6.34. The topological polar surface area (TPSA) is 27.7 Å². The van der Waals surface area contributed by atoms with E-state index in [0.717, 1.165) is 35.5 Å². The summed E-state index contributed by atoms with van der Waals surface area (Å²) in [5.41, 5.74) is 1.79. The summed E-state index contributed by atoms with van der Waals surface area (Å²) in [7, 11) is 1.62. The van der Waals surface area contributed by atoms with Crippen molar-refractivity contribution < 1.29 is 14.2 Å². The molecule has 1 unspecified atom stereocenters. The Morgan fingerprint density at radius 2 is 1.38 bits per heavy atom. The van der Waals surface area contributed by atoms with Crippen LogP contribution in [0, 0.1) is 0 Å². The molecule has 0 aliphatic heterocycles. The Morgan fingerprint density at radius 3 is 1.86 bits per heavy atom. The Kier molecular flexibility index (Phi) is 9.63. The van der Waals surface area contributed by atoms with E-state index in [2.05, 4.69) is 0 Å². The molecule has 7 heteroatoms. The number of hydrogen-bond acceptors (Lipinski definition) is 3. The minimum absolute atomic E-state index is 0. The predicted molar refractivity (Wildman–Crippen MR) is 126 cm³/mol. The highest BCUT2D eigenvalue weighted by Crippen LogP contribution is 2.46. The highest BCUT2D eigenvalue weighted by Gasteiger charge is 2.35. The lowest BCUT2D eigenvalue weighted by molar-refractivity contribution is -0.0496. The van der Waals surface area contributed by atoms with Gasteiger partial charge in [0.05, 0.1) is 19.1 Å². The van der Waals surface area contributed by atoms with E-state index in [1.807, 2.05) is 48.5 Å². The van der Waals surface area contributed by atoms with E-state index in [1.165, 1.54) is 19.3 Å². The van der Waals surface area contributed by atoms with Crippen LogP contribution in [0.25, 0.3) is 0 Å². The van der Waals surface area contributed by atoms with Crippen molar-refractivity contribution in [2.24, 2.45) is 0 Å². The van der Waals surface area contributed by atoms with Gasteiger partial charge in [0.2, 0.25) is 3.79 Å². The molecule has 0 heterocycles. The first kappa shape index (κ1) is 24.4. The van der Waals surface area contributed by atoms with Crippen LogP contribution in [0.4, 0.5) is 0 Å². The van der Waals surface area contributed by atoms with E-state index in [-0.39, 0.29) is 17.8 Å². The number of alkyl halides is 3. The fourth-order valence-electron chi connectivity index (χ4n) is 3.55. The first-order valence-corrected chi connectivity index (χ1v) is 10.7. The third-order valence-electron chi connectivity index (χ3n) is 5.07. The number of rotatable bonds is 7. The summed E-state index contributed by atoms with van der Waals surface area (Å²) in [5.74, 6) is 1.09. The summed E-state index contributed by atoms with van der Waals surface area (Å²) in [4.78, 5) is 0. The van der Waals surface area contributed by atoms with Gasteiger partial charge in [0, 0.05) is 0 Å². The van der Waals surface area contributed by atoms with Gasteiger partial charge in [-0.3, -0.25) is 0 Å². The second kappa shape index (κ2) is 11.5. The fourth-order valence-corrected chi connectivity index (χ4v) is 4.31. The smallest absolute Gasteiger partial charge is 0.201 e. The fraction of sp³-hybridized carbons (Fsp3) is 0.455. The van der Waals surface area contributed by atoms with Gasteiger partial charge < -0.3 is 14.2 Å². The maximum absolute atomic E-state index is 6.30. The predicted octanol–water partition coefficient (Wildman–Crippen LogP) is 5.43. The van der Waals surface area contributed by atoms with Crippen LogP contribution >= 0.6 is 34.8 Å². The molecule has 0 spiro atoms.